The largest absolute Gasteiger partial charge is 0.419 e. The van der Waals surface area contributed by atoms with Gasteiger partial charge in [-0.05, 0) is 49.7 Å². The molecule has 0 saturated heterocycles. The van der Waals surface area contributed by atoms with Gasteiger partial charge in [0.15, 0.2) is 0 Å². The van der Waals surface area contributed by atoms with Crippen LogP contribution in [0.5, 0.6) is 5.75 Å². The molecule has 2 aromatic carbocycles. The van der Waals surface area contributed by atoms with Gasteiger partial charge in [0.25, 0.3) is 0 Å². The van der Waals surface area contributed by atoms with Crippen LogP contribution in [0.25, 0.3) is 10.2 Å². The zero-order valence-corrected chi connectivity index (χ0v) is 16.8. The first-order valence-corrected chi connectivity index (χ1v) is 9.69. The lowest BCUT2D eigenvalue weighted by molar-refractivity contribution is 0.207. The minimum absolute atomic E-state index is 0.322. The van der Waals surface area contributed by atoms with Crippen molar-refractivity contribution < 1.29 is 9.53 Å². The number of fused-ring (bicyclic) bond motifs is 1. The second-order valence-corrected chi connectivity index (χ2v) is 8.85. The monoisotopic (exact) mass is 397 g/mol. The van der Waals surface area contributed by atoms with Crippen molar-refractivity contribution in [2.75, 3.05) is 11.4 Å². The number of hydrogen-bond acceptors (Lipinski definition) is 6. The summed E-state index contributed by atoms with van der Waals surface area (Å²) in [5.74, 6) is 0.433. The molecule has 0 aliphatic carbocycles. The number of hydrogen-bond donors (Lipinski definition) is 1. The van der Waals surface area contributed by atoms with Crippen molar-refractivity contribution in [3.8, 4) is 11.8 Å². The number of amides is 1. The van der Waals surface area contributed by atoms with Crippen LogP contribution in [0.2, 0.25) is 0 Å². The maximum Gasteiger partial charge on any atom is 0.419 e. The van der Waals surface area contributed by atoms with E-state index in [2.05, 4.69) is 23.7 Å². The summed E-state index contributed by atoms with van der Waals surface area (Å²) in [4.78, 5) is 18.7. The number of rotatable bonds is 5. The van der Waals surface area contributed by atoms with Crippen LogP contribution >= 0.6 is 24.0 Å². The highest BCUT2D eigenvalue weighted by molar-refractivity contribution is 7.81. The molecule has 0 fully saturated rings. The molecule has 0 N–H and O–H groups in total. The Kier molecular flexibility index (Phi) is 5.68. The fourth-order valence-electron chi connectivity index (χ4n) is 2.58. The van der Waals surface area contributed by atoms with Gasteiger partial charge < -0.3 is 4.74 Å². The minimum Gasteiger partial charge on any atom is -0.410 e. The molecular formula is C20H19N3O2S2. The number of carbonyl (C=O) groups is 1. The Labute approximate surface area is 167 Å². The van der Waals surface area contributed by atoms with Crippen molar-refractivity contribution in [3.63, 3.8) is 0 Å². The third kappa shape index (κ3) is 5.00. The quantitative estimate of drug-likeness (QED) is 0.610. The number of anilines is 1. The van der Waals surface area contributed by atoms with Crippen molar-refractivity contribution >= 4 is 46.0 Å². The van der Waals surface area contributed by atoms with Gasteiger partial charge in [-0.1, -0.05) is 12.1 Å². The molecule has 3 rings (SSSR count). The fraction of sp³-hybridized carbons (Fsp3) is 0.250. The molecule has 5 nitrogen and oxygen atoms in total. The van der Waals surface area contributed by atoms with Crippen LogP contribution < -0.4 is 9.64 Å². The minimum atomic E-state index is -0.478. The van der Waals surface area contributed by atoms with E-state index in [1.54, 1.807) is 34.7 Å². The van der Waals surface area contributed by atoms with Crippen LogP contribution in [-0.4, -0.2) is 22.4 Å². The fourth-order valence-corrected chi connectivity index (χ4v) is 3.43. The van der Waals surface area contributed by atoms with E-state index >= 15 is 0 Å². The number of carbonyl (C=O) groups excluding carboxylic acids is 1. The Morgan fingerprint density at radius 1 is 1.30 bits per heavy atom. The molecule has 0 aliphatic heterocycles. The number of aromatic nitrogens is 1. The summed E-state index contributed by atoms with van der Waals surface area (Å²) in [5.41, 5.74) is 4.29. The molecule has 0 saturated carbocycles. The Balaban J connectivity index is 1.85. The molecule has 0 unspecified atom stereocenters. The maximum atomic E-state index is 12.9. The standard InChI is InChI=1S/C20H19N3O2S2/c1-20(2,26)12-23(15-5-8-17-18(11-15)27-13-22-17)19(24)25-16-6-3-14(4-7-16)9-10-21/h3-8,11,13,26H,9,12H2,1-2H3. The van der Waals surface area contributed by atoms with Crippen LogP contribution in [0, 0.1) is 11.3 Å². The third-order valence-corrected chi connectivity index (χ3v) is 4.74. The number of ether oxygens (including phenoxy) is 1. The molecule has 7 heteroatoms. The second kappa shape index (κ2) is 7.99. The molecule has 27 heavy (non-hydrogen) atoms. The van der Waals surface area contributed by atoms with E-state index in [1.165, 1.54) is 11.3 Å². The predicted molar refractivity (Wildman–Crippen MR) is 112 cm³/mol. The SMILES string of the molecule is CC(C)(S)CN(C(=O)Oc1ccc(CC#N)cc1)c1ccc2ncsc2c1. The van der Waals surface area contributed by atoms with Crippen molar-refractivity contribution in [2.45, 2.75) is 25.0 Å². The highest BCUT2D eigenvalue weighted by Crippen LogP contribution is 2.28. The lowest BCUT2D eigenvalue weighted by Gasteiger charge is -2.28. The third-order valence-electron chi connectivity index (χ3n) is 3.80. The van der Waals surface area contributed by atoms with Crippen molar-refractivity contribution in [1.82, 2.24) is 4.98 Å². The molecule has 1 heterocycles. The van der Waals surface area contributed by atoms with E-state index in [1.807, 2.05) is 32.0 Å². The van der Waals surface area contributed by atoms with Gasteiger partial charge in [-0.3, -0.25) is 4.90 Å². The van der Waals surface area contributed by atoms with Crippen LogP contribution in [-0.2, 0) is 6.42 Å². The highest BCUT2D eigenvalue weighted by Gasteiger charge is 2.25. The molecule has 0 spiro atoms. The molecule has 0 radical (unpaired) electrons. The van der Waals surface area contributed by atoms with E-state index in [0.717, 1.165) is 21.5 Å². The summed E-state index contributed by atoms with van der Waals surface area (Å²) in [5, 5.41) is 8.75. The zero-order valence-electron chi connectivity index (χ0n) is 15.0. The normalized spacial score (nSPS) is 11.2. The molecule has 0 atom stereocenters. The van der Waals surface area contributed by atoms with Gasteiger partial charge in [0.1, 0.15) is 5.75 Å². The summed E-state index contributed by atoms with van der Waals surface area (Å²) in [6.07, 6.45) is -0.155. The summed E-state index contributed by atoms with van der Waals surface area (Å²) < 4.78 is 6.16. The van der Waals surface area contributed by atoms with Crippen molar-refractivity contribution in [2.24, 2.45) is 0 Å². The average Bonchev–Trinajstić information content (AvgIpc) is 3.08. The molecule has 0 bridgehead atoms. The summed E-state index contributed by atoms with van der Waals surface area (Å²) >= 11 is 6.10. The number of thiazole rings is 1. The molecule has 0 aliphatic rings. The zero-order chi connectivity index (χ0) is 19.4. The number of thiol groups is 1. The Morgan fingerprint density at radius 3 is 2.70 bits per heavy atom. The van der Waals surface area contributed by atoms with Gasteiger partial charge >= 0.3 is 6.09 Å². The second-order valence-electron chi connectivity index (χ2n) is 6.75. The van der Waals surface area contributed by atoms with E-state index < -0.39 is 10.8 Å². The van der Waals surface area contributed by atoms with Crippen LogP contribution in [0.15, 0.2) is 48.0 Å². The summed E-state index contributed by atoms with van der Waals surface area (Å²) in [7, 11) is 0. The van der Waals surface area contributed by atoms with Gasteiger partial charge in [-0.15, -0.1) is 11.3 Å². The van der Waals surface area contributed by atoms with E-state index in [-0.39, 0.29) is 0 Å². The predicted octanol–water partition coefficient (Wildman–Crippen LogP) is 5.08. The van der Waals surface area contributed by atoms with E-state index in [4.69, 9.17) is 10.00 Å². The molecule has 1 aromatic heterocycles. The van der Waals surface area contributed by atoms with Crippen LogP contribution in [0.1, 0.15) is 19.4 Å². The van der Waals surface area contributed by atoms with Crippen LogP contribution in [0.4, 0.5) is 10.5 Å². The average molecular weight is 398 g/mol. The van der Waals surface area contributed by atoms with Crippen molar-refractivity contribution in [3.05, 3.63) is 53.5 Å². The topological polar surface area (TPSA) is 66.2 Å². The number of nitrogens with zero attached hydrogens (tertiary/aromatic N) is 3. The molecular weight excluding hydrogens is 378 g/mol. The maximum absolute atomic E-state index is 12.9. The van der Waals surface area contributed by atoms with E-state index in [9.17, 15) is 4.79 Å². The van der Waals surface area contributed by atoms with Gasteiger partial charge in [-0.25, -0.2) is 9.78 Å². The lowest BCUT2D eigenvalue weighted by atomic mass is 10.1. The first kappa shape index (κ1) is 19.2. The number of nitriles is 1. The Morgan fingerprint density at radius 2 is 2.04 bits per heavy atom. The Bertz CT molecular complexity index is 985. The molecule has 138 valence electrons. The summed E-state index contributed by atoms with van der Waals surface area (Å²) in [6, 6.07) is 14.7. The first-order valence-electron chi connectivity index (χ1n) is 8.36. The van der Waals surface area contributed by atoms with Gasteiger partial charge in [-0.2, -0.15) is 17.9 Å². The molecule has 1 amide bonds. The van der Waals surface area contributed by atoms with Gasteiger partial charge in [0.05, 0.1) is 28.2 Å². The van der Waals surface area contributed by atoms with Gasteiger partial charge in [0.2, 0.25) is 0 Å². The smallest absolute Gasteiger partial charge is 0.410 e. The van der Waals surface area contributed by atoms with E-state index in [0.29, 0.717) is 18.7 Å². The van der Waals surface area contributed by atoms with Crippen molar-refractivity contribution in [1.29, 1.82) is 5.26 Å². The lowest BCUT2D eigenvalue weighted by Crippen LogP contribution is -2.41. The van der Waals surface area contributed by atoms with Crippen LogP contribution in [0.3, 0.4) is 0 Å². The first-order chi connectivity index (χ1) is 12.9. The summed E-state index contributed by atoms with van der Waals surface area (Å²) in [6.45, 7) is 4.27. The number of benzene rings is 2. The molecule has 3 aromatic rings. The Hall–Kier alpha value is -2.56. The highest BCUT2D eigenvalue weighted by atomic mass is 32.1. The van der Waals surface area contributed by atoms with Gasteiger partial charge in [0, 0.05) is 17.0 Å².